The molecule has 0 aromatic carbocycles. The van der Waals surface area contributed by atoms with Crippen LogP contribution in [-0.2, 0) is 0 Å². The first-order valence-electron chi connectivity index (χ1n) is 5.04. The zero-order valence-electron chi connectivity index (χ0n) is 8.60. The van der Waals surface area contributed by atoms with Gasteiger partial charge in [0.1, 0.15) is 17.3 Å². The molecule has 0 amide bonds. The highest BCUT2D eigenvalue weighted by Gasteiger charge is 2.29. The Morgan fingerprint density at radius 3 is 2.93 bits per heavy atom. The van der Waals surface area contributed by atoms with Gasteiger partial charge in [-0.25, -0.2) is 9.97 Å². The Labute approximate surface area is 93.9 Å². The van der Waals surface area contributed by atoms with Gasteiger partial charge in [0.05, 0.1) is 0 Å². The fourth-order valence-corrected chi connectivity index (χ4v) is 2.10. The lowest BCUT2D eigenvalue weighted by Crippen LogP contribution is -2.21. The quantitative estimate of drug-likeness (QED) is 0.772. The van der Waals surface area contributed by atoms with Crippen molar-refractivity contribution in [1.82, 2.24) is 9.97 Å². The summed E-state index contributed by atoms with van der Waals surface area (Å²) in [5.74, 6) is 1.67. The van der Waals surface area contributed by atoms with Crippen LogP contribution >= 0.6 is 11.6 Å². The van der Waals surface area contributed by atoms with Crippen LogP contribution in [-0.4, -0.2) is 34.8 Å². The van der Waals surface area contributed by atoms with E-state index in [1.54, 1.807) is 6.07 Å². The fraction of sp³-hybridized carbons (Fsp3) is 0.600. The van der Waals surface area contributed by atoms with Crippen LogP contribution in [0.2, 0.25) is 5.15 Å². The molecule has 0 aliphatic carbocycles. The summed E-state index contributed by atoms with van der Waals surface area (Å²) in [6.45, 7) is 4.13. The highest BCUT2D eigenvalue weighted by Crippen LogP contribution is 2.26. The minimum absolute atomic E-state index is 0.233. The molecule has 4 nitrogen and oxygen atoms in total. The summed E-state index contributed by atoms with van der Waals surface area (Å²) >= 11 is 5.80. The molecule has 1 aromatic heterocycles. The second kappa shape index (κ2) is 4.33. The standard InChI is InChI=1S/C10H14ClN3O/c1-7-3-14(4-8(7)5-15)10-2-9(11)12-6-13-10/h2,6-8,15H,3-5H2,1H3. The van der Waals surface area contributed by atoms with Crippen LogP contribution in [0.25, 0.3) is 0 Å². The molecule has 1 aromatic rings. The van der Waals surface area contributed by atoms with E-state index in [0.29, 0.717) is 17.0 Å². The van der Waals surface area contributed by atoms with Crippen molar-refractivity contribution >= 4 is 17.4 Å². The summed E-state index contributed by atoms with van der Waals surface area (Å²) in [4.78, 5) is 10.2. The van der Waals surface area contributed by atoms with Gasteiger partial charge in [0.25, 0.3) is 0 Å². The minimum atomic E-state index is 0.233. The van der Waals surface area contributed by atoms with Gasteiger partial charge in [-0.2, -0.15) is 0 Å². The predicted molar refractivity (Wildman–Crippen MR) is 59.0 cm³/mol. The highest BCUT2D eigenvalue weighted by atomic mass is 35.5. The van der Waals surface area contributed by atoms with Gasteiger partial charge in [-0.15, -0.1) is 0 Å². The van der Waals surface area contributed by atoms with E-state index in [0.717, 1.165) is 18.9 Å². The molecule has 2 atom stereocenters. The topological polar surface area (TPSA) is 49.2 Å². The second-order valence-electron chi connectivity index (χ2n) is 4.02. The molecule has 15 heavy (non-hydrogen) atoms. The number of anilines is 1. The molecule has 1 saturated heterocycles. The molecule has 0 spiro atoms. The molecule has 2 heterocycles. The molecule has 2 rings (SSSR count). The summed E-state index contributed by atoms with van der Waals surface area (Å²) in [5.41, 5.74) is 0. The molecule has 0 saturated carbocycles. The lowest BCUT2D eigenvalue weighted by atomic mass is 10.00. The van der Waals surface area contributed by atoms with Crippen LogP contribution in [0, 0.1) is 11.8 Å². The first-order valence-corrected chi connectivity index (χ1v) is 5.42. The largest absolute Gasteiger partial charge is 0.396 e. The van der Waals surface area contributed by atoms with Crippen LogP contribution in [0.5, 0.6) is 0 Å². The summed E-state index contributed by atoms with van der Waals surface area (Å²) < 4.78 is 0. The van der Waals surface area contributed by atoms with Crippen molar-refractivity contribution in [3.05, 3.63) is 17.5 Å². The monoisotopic (exact) mass is 227 g/mol. The normalized spacial score (nSPS) is 25.9. The maximum atomic E-state index is 9.17. The average Bonchev–Trinajstić information content (AvgIpc) is 2.60. The number of aliphatic hydroxyl groups is 1. The van der Waals surface area contributed by atoms with Crippen molar-refractivity contribution < 1.29 is 5.11 Å². The Hall–Kier alpha value is -0.870. The zero-order valence-corrected chi connectivity index (χ0v) is 9.35. The van der Waals surface area contributed by atoms with Gasteiger partial charge in [-0.3, -0.25) is 0 Å². The van der Waals surface area contributed by atoms with Gasteiger partial charge in [-0.1, -0.05) is 18.5 Å². The molecule has 0 radical (unpaired) electrons. The van der Waals surface area contributed by atoms with Crippen LogP contribution in [0.3, 0.4) is 0 Å². The minimum Gasteiger partial charge on any atom is -0.396 e. The van der Waals surface area contributed by atoms with E-state index in [9.17, 15) is 5.11 Å². The van der Waals surface area contributed by atoms with E-state index in [1.165, 1.54) is 6.33 Å². The van der Waals surface area contributed by atoms with Crippen molar-refractivity contribution in [2.45, 2.75) is 6.92 Å². The van der Waals surface area contributed by atoms with Crippen molar-refractivity contribution in [2.24, 2.45) is 11.8 Å². The third kappa shape index (κ3) is 2.21. The average molecular weight is 228 g/mol. The van der Waals surface area contributed by atoms with Crippen LogP contribution < -0.4 is 4.90 Å². The SMILES string of the molecule is CC1CN(c2cc(Cl)ncn2)CC1CO. The molecule has 1 aliphatic heterocycles. The molecule has 5 heteroatoms. The van der Waals surface area contributed by atoms with Gasteiger partial charge in [0.15, 0.2) is 0 Å². The number of rotatable bonds is 2. The Balaban J connectivity index is 2.13. The van der Waals surface area contributed by atoms with Crippen molar-refractivity contribution in [1.29, 1.82) is 0 Å². The van der Waals surface area contributed by atoms with Crippen LogP contribution in [0.4, 0.5) is 5.82 Å². The van der Waals surface area contributed by atoms with Gasteiger partial charge in [0.2, 0.25) is 0 Å². The fourth-order valence-electron chi connectivity index (χ4n) is 1.96. The van der Waals surface area contributed by atoms with E-state index in [4.69, 9.17) is 11.6 Å². The number of hydrogen-bond donors (Lipinski definition) is 1. The zero-order chi connectivity index (χ0) is 10.8. The first-order chi connectivity index (χ1) is 7.20. The Morgan fingerprint density at radius 2 is 2.33 bits per heavy atom. The van der Waals surface area contributed by atoms with Crippen molar-refractivity contribution in [3.63, 3.8) is 0 Å². The molecule has 1 N–H and O–H groups in total. The number of nitrogens with zero attached hydrogens (tertiary/aromatic N) is 3. The number of halogens is 1. The van der Waals surface area contributed by atoms with Gasteiger partial charge in [0, 0.05) is 31.7 Å². The third-order valence-corrected chi connectivity index (χ3v) is 3.15. The molecule has 1 fully saturated rings. The van der Waals surface area contributed by atoms with Gasteiger partial charge in [-0.05, 0) is 5.92 Å². The Morgan fingerprint density at radius 1 is 1.53 bits per heavy atom. The molecular weight excluding hydrogens is 214 g/mol. The summed E-state index contributed by atoms with van der Waals surface area (Å²) in [6, 6.07) is 1.76. The van der Waals surface area contributed by atoms with E-state index >= 15 is 0 Å². The van der Waals surface area contributed by atoms with E-state index in [-0.39, 0.29) is 6.61 Å². The molecule has 2 unspecified atom stereocenters. The van der Waals surface area contributed by atoms with E-state index in [2.05, 4.69) is 21.8 Å². The van der Waals surface area contributed by atoms with Crippen molar-refractivity contribution in [3.8, 4) is 0 Å². The van der Waals surface area contributed by atoms with Gasteiger partial charge >= 0.3 is 0 Å². The van der Waals surface area contributed by atoms with Crippen LogP contribution in [0.15, 0.2) is 12.4 Å². The predicted octanol–water partition coefficient (Wildman–Crippen LogP) is 1.19. The maximum Gasteiger partial charge on any atom is 0.134 e. The Bertz CT molecular complexity index is 347. The lowest BCUT2D eigenvalue weighted by Gasteiger charge is -2.16. The van der Waals surface area contributed by atoms with Crippen molar-refractivity contribution in [2.75, 3.05) is 24.6 Å². The summed E-state index contributed by atoms with van der Waals surface area (Å²) in [7, 11) is 0. The number of hydrogen-bond acceptors (Lipinski definition) is 4. The maximum absolute atomic E-state index is 9.17. The summed E-state index contributed by atoms with van der Waals surface area (Å²) in [6.07, 6.45) is 1.47. The smallest absolute Gasteiger partial charge is 0.134 e. The second-order valence-corrected chi connectivity index (χ2v) is 4.41. The number of aliphatic hydroxyl groups excluding tert-OH is 1. The molecular formula is C10H14ClN3O. The molecule has 82 valence electrons. The molecule has 0 bridgehead atoms. The molecule has 1 aliphatic rings. The van der Waals surface area contributed by atoms with Gasteiger partial charge < -0.3 is 10.0 Å². The Kier molecular flexibility index (Phi) is 3.07. The first kappa shape index (κ1) is 10.6. The van der Waals surface area contributed by atoms with Crippen LogP contribution in [0.1, 0.15) is 6.92 Å². The lowest BCUT2D eigenvalue weighted by molar-refractivity contribution is 0.212. The summed E-state index contributed by atoms with van der Waals surface area (Å²) in [5, 5.41) is 9.63. The third-order valence-electron chi connectivity index (χ3n) is 2.95. The highest BCUT2D eigenvalue weighted by molar-refractivity contribution is 6.29. The van der Waals surface area contributed by atoms with E-state index in [1.807, 2.05) is 0 Å². The van der Waals surface area contributed by atoms with E-state index < -0.39 is 0 Å². The number of aromatic nitrogens is 2.